The number of likely N-dealkylation sites (N-methyl/N-ethyl adjacent to an activating group) is 1. The molecule has 1 aliphatic rings. The fraction of sp³-hybridized carbons (Fsp3) is 0.636. The molecule has 1 saturated heterocycles. The summed E-state index contributed by atoms with van der Waals surface area (Å²) in [6.07, 6.45) is 3.54. The van der Waals surface area contributed by atoms with Gasteiger partial charge in [0, 0.05) is 26.2 Å². The number of hydrogen-bond acceptors (Lipinski definition) is 6. The maximum absolute atomic E-state index is 12.4. The monoisotopic (exact) mass is 285 g/mol. The highest BCUT2D eigenvalue weighted by Crippen LogP contribution is 2.22. The van der Waals surface area contributed by atoms with Crippen molar-refractivity contribution in [2.45, 2.75) is 17.4 Å². The van der Waals surface area contributed by atoms with Crippen LogP contribution in [0.15, 0.2) is 17.3 Å². The van der Waals surface area contributed by atoms with Crippen molar-refractivity contribution in [3.8, 4) is 0 Å². The minimum absolute atomic E-state index is 0.144. The lowest BCUT2D eigenvalue weighted by Crippen LogP contribution is -2.34. The minimum Gasteiger partial charge on any atom is -0.357 e. The number of aromatic nitrogens is 2. The zero-order valence-electron chi connectivity index (χ0n) is 11.4. The van der Waals surface area contributed by atoms with Gasteiger partial charge in [-0.2, -0.15) is 4.31 Å². The standard InChI is InChI=1S/C11H19N5O2S/c1-12-11-13-6-10(7-14-11)19(17,18)16-5-4-9(8-16)15(2)3/h6-7,9H,4-5,8H2,1-3H3,(H,12,13,14). The maximum Gasteiger partial charge on any atom is 0.246 e. The molecule has 0 spiro atoms. The van der Waals surface area contributed by atoms with E-state index in [2.05, 4.69) is 20.2 Å². The van der Waals surface area contributed by atoms with Gasteiger partial charge in [0.15, 0.2) is 0 Å². The minimum atomic E-state index is -3.48. The predicted octanol–water partition coefficient (Wildman–Crippen LogP) is -0.157. The van der Waals surface area contributed by atoms with E-state index in [1.54, 1.807) is 7.05 Å². The first kappa shape index (κ1) is 14.2. The third kappa shape index (κ3) is 2.85. The fourth-order valence-electron chi connectivity index (χ4n) is 2.08. The van der Waals surface area contributed by atoms with Gasteiger partial charge in [-0.05, 0) is 20.5 Å². The average molecular weight is 285 g/mol. The van der Waals surface area contributed by atoms with Gasteiger partial charge in [0.1, 0.15) is 4.90 Å². The van der Waals surface area contributed by atoms with Crippen LogP contribution in [0.2, 0.25) is 0 Å². The van der Waals surface area contributed by atoms with Gasteiger partial charge in [0.2, 0.25) is 16.0 Å². The third-order valence-electron chi connectivity index (χ3n) is 3.35. The molecule has 0 amide bonds. The molecule has 0 radical (unpaired) electrons. The normalized spacial score (nSPS) is 20.9. The van der Waals surface area contributed by atoms with Crippen molar-refractivity contribution in [1.29, 1.82) is 0 Å². The van der Waals surface area contributed by atoms with Crippen LogP contribution in [0.1, 0.15) is 6.42 Å². The van der Waals surface area contributed by atoms with Crippen LogP contribution in [0.25, 0.3) is 0 Å². The highest BCUT2D eigenvalue weighted by atomic mass is 32.2. The fourth-order valence-corrected chi connectivity index (χ4v) is 3.46. The van der Waals surface area contributed by atoms with Gasteiger partial charge < -0.3 is 10.2 Å². The molecule has 0 aromatic carbocycles. The van der Waals surface area contributed by atoms with Gasteiger partial charge in [-0.25, -0.2) is 18.4 Å². The van der Waals surface area contributed by atoms with E-state index in [0.29, 0.717) is 19.0 Å². The quantitative estimate of drug-likeness (QED) is 0.828. The topological polar surface area (TPSA) is 78.4 Å². The summed E-state index contributed by atoms with van der Waals surface area (Å²) in [5, 5.41) is 2.76. The molecule has 0 aliphatic carbocycles. The van der Waals surface area contributed by atoms with E-state index in [0.717, 1.165) is 6.42 Å². The Kier molecular flexibility index (Phi) is 4.02. The zero-order chi connectivity index (χ0) is 14.0. The molecule has 8 heteroatoms. The van der Waals surface area contributed by atoms with Crippen molar-refractivity contribution in [3.05, 3.63) is 12.4 Å². The number of nitrogens with zero attached hydrogens (tertiary/aromatic N) is 4. The van der Waals surface area contributed by atoms with E-state index in [1.807, 2.05) is 14.1 Å². The number of hydrogen-bond donors (Lipinski definition) is 1. The van der Waals surface area contributed by atoms with Crippen molar-refractivity contribution in [3.63, 3.8) is 0 Å². The van der Waals surface area contributed by atoms with E-state index in [9.17, 15) is 8.42 Å². The Labute approximate surface area is 113 Å². The third-order valence-corrected chi connectivity index (χ3v) is 5.16. The molecule has 1 atom stereocenters. The smallest absolute Gasteiger partial charge is 0.246 e. The van der Waals surface area contributed by atoms with E-state index in [4.69, 9.17) is 0 Å². The van der Waals surface area contributed by atoms with Crippen LogP contribution >= 0.6 is 0 Å². The second-order valence-corrected chi connectivity index (χ2v) is 6.70. The Morgan fingerprint density at radius 1 is 1.37 bits per heavy atom. The summed E-state index contributed by atoms with van der Waals surface area (Å²) < 4.78 is 26.3. The molecule has 0 bridgehead atoms. The van der Waals surface area contributed by atoms with Crippen LogP contribution in [0.4, 0.5) is 5.95 Å². The van der Waals surface area contributed by atoms with E-state index < -0.39 is 10.0 Å². The summed E-state index contributed by atoms with van der Waals surface area (Å²) in [4.78, 5) is 10.1. The van der Waals surface area contributed by atoms with Crippen molar-refractivity contribution in [1.82, 2.24) is 19.2 Å². The molecule has 7 nitrogen and oxygen atoms in total. The molecule has 1 aliphatic heterocycles. The molecular weight excluding hydrogens is 266 g/mol. The van der Waals surface area contributed by atoms with Crippen LogP contribution in [-0.4, -0.2) is 67.9 Å². The van der Waals surface area contributed by atoms with E-state index in [1.165, 1.54) is 16.7 Å². The largest absolute Gasteiger partial charge is 0.357 e. The van der Waals surface area contributed by atoms with Crippen LogP contribution in [0, 0.1) is 0 Å². The second-order valence-electron chi connectivity index (χ2n) is 4.76. The maximum atomic E-state index is 12.4. The summed E-state index contributed by atoms with van der Waals surface area (Å²) in [6, 6.07) is 0.271. The predicted molar refractivity (Wildman–Crippen MR) is 72.4 cm³/mol. The Morgan fingerprint density at radius 3 is 2.47 bits per heavy atom. The molecule has 2 rings (SSSR count). The van der Waals surface area contributed by atoms with Gasteiger partial charge >= 0.3 is 0 Å². The molecule has 1 N–H and O–H groups in total. The number of sulfonamides is 1. The second kappa shape index (κ2) is 5.40. The van der Waals surface area contributed by atoms with Crippen LogP contribution in [0.5, 0.6) is 0 Å². The van der Waals surface area contributed by atoms with Gasteiger partial charge in [-0.1, -0.05) is 0 Å². The summed E-state index contributed by atoms with van der Waals surface area (Å²) in [6.45, 7) is 1.06. The van der Waals surface area contributed by atoms with Crippen molar-refractivity contribution >= 4 is 16.0 Å². The highest BCUT2D eigenvalue weighted by Gasteiger charge is 2.33. The molecule has 1 aromatic rings. The van der Waals surface area contributed by atoms with Crippen LogP contribution in [-0.2, 0) is 10.0 Å². The van der Waals surface area contributed by atoms with Gasteiger partial charge in [0.25, 0.3) is 0 Å². The van der Waals surface area contributed by atoms with Crippen LogP contribution in [0.3, 0.4) is 0 Å². The van der Waals surface area contributed by atoms with Crippen LogP contribution < -0.4 is 5.32 Å². The highest BCUT2D eigenvalue weighted by molar-refractivity contribution is 7.89. The van der Waals surface area contributed by atoms with Gasteiger partial charge in [-0.15, -0.1) is 0 Å². The SMILES string of the molecule is CNc1ncc(S(=O)(=O)N2CCC(N(C)C)C2)cn1. The summed E-state index contributed by atoms with van der Waals surface area (Å²) >= 11 is 0. The Morgan fingerprint density at radius 2 is 2.00 bits per heavy atom. The van der Waals surface area contributed by atoms with Crippen molar-refractivity contribution in [2.24, 2.45) is 0 Å². The Bertz CT molecular complexity index is 529. The van der Waals surface area contributed by atoms with E-state index >= 15 is 0 Å². The first-order valence-corrected chi connectivity index (χ1v) is 7.55. The number of nitrogens with one attached hydrogen (secondary N) is 1. The molecule has 106 valence electrons. The number of rotatable bonds is 4. The average Bonchev–Trinajstić information content (AvgIpc) is 2.89. The number of anilines is 1. The molecule has 1 unspecified atom stereocenters. The zero-order valence-corrected chi connectivity index (χ0v) is 12.2. The lowest BCUT2D eigenvalue weighted by Gasteiger charge is -2.20. The lowest BCUT2D eigenvalue weighted by molar-refractivity contribution is 0.302. The first-order valence-electron chi connectivity index (χ1n) is 6.11. The van der Waals surface area contributed by atoms with E-state index in [-0.39, 0.29) is 10.9 Å². The van der Waals surface area contributed by atoms with Gasteiger partial charge in [0.05, 0.1) is 12.4 Å². The van der Waals surface area contributed by atoms with Crippen molar-refractivity contribution in [2.75, 3.05) is 39.5 Å². The molecule has 1 fully saturated rings. The molecule has 2 heterocycles. The summed E-state index contributed by atoms with van der Waals surface area (Å²) in [7, 11) is 2.14. The van der Waals surface area contributed by atoms with Crippen molar-refractivity contribution < 1.29 is 8.42 Å². The molecular formula is C11H19N5O2S. The Hall–Kier alpha value is -1.25. The lowest BCUT2D eigenvalue weighted by atomic mass is 10.2. The van der Waals surface area contributed by atoms with Gasteiger partial charge in [-0.3, -0.25) is 0 Å². The molecule has 0 saturated carbocycles. The summed E-state index contributed by atoms with van der Waals surface area (Å²) in [5.74, 6) is 0.409. The Balaban J connectivity index is 2.18. The first-order chi connectivity index (χ1) is 8.95. The molecule has 1 aromatic heterocycles. The molecule has 19 heavy (non-hydrogen) atoms. The summed E-state index contributed by atoms with van der Waals surface area (Å²) in [5.41, 5.74) is 0.